The second kappa shape index (κ2) is 6.83. The van der Waals surface area contributed by atoms with E-state index in [1.54, 1.807) is 18.3 Å². The Morgan fingerprint density at radius 1 is 1.29 bits per heavy atom. The Morgan fingerprint density at radius 2 is 2.04 bits per heavy atom. The number of hydrogen-bond acceptors (Lipinski definition) is 4. The van der Waals surface area contributed by atoms with Gasteiger partial charge in [0.05, 0.1) is 11.9 Å². The van der Waals surface area contributed by atoms with Crippen molar-refractivity contribution in [2.24, 2.45) is 5.92 Å². The van der Waals surface area contributed by atoms with Gasteiger partial charge in [-0.15, -0.1) is 0 Å². The number of Topliss-reactive ketones (excluding diaryl/α,β-unsaturated/α-hetero) is 1. The summed E-state index contributed by atoms with van der Waals surface area (Å²) in [5.41, 5.74) is 1.75. The number of carbonyl (C=O) groups excluding carboxylic acids is 1. The molecule has 0 amide bonds. The maximum atomic E-state index is 13.5. The van der Waals surface area contributed by atoms with Crippen molar-refractivity contribution in [2.75, 3.05) is 18.0 Å². The minimum Gasteiger partial charge on any atom is -0.370 e. The van der Waals surface area contributed by atoms with E-state index >= 15 is 0 Å². The summed E-state index contributed by atoms with van der Waals surface area (Å²) in [7, 11) is 5.45. The Labute approximate surface area is 141 Å². The third-order valence-electron chi connectivity index (χ3n) is 4.38. The SMILES string of the molecule is [B]c1ccc(C(=O)C2CCN(c3ccc(C#N)nc3)CC2)cc1F. The number of rotatable bonds is 3. The predicted octanol–water partition coefficient (Wildman–Crippen LogP) is 1.99. The van der Waals surface area contributed by atoms with Crippen molar-refractivity contribution in [1.82, 2.24) is 4.98 Å². The molecule has 2 heterocycles. The number of nitriles is 1. The van der Waals surface area contributed by atoms with E-state index in [0.29, 0.717) is 24.1 Å². The summed E-state index contributed by atoms with van der Waals surface area (Å²) in [6.07, 6.45) is 3.08. The van der Waals surface area contributed by atoms with Gasteiger partial charge in [0, 0.05) is 24.6 Å². The molecule has 1 aromatic carbocycles. The molecule has 0 bridgehead atoms. The molecule has 0 spiro atoms. The first-order valence-corrected chi connectivity index (χ1v) is 7.79. The van der Waals surface area contributed by atoms with Crippen LogP contribution >= 0.6 is 0 Å². The van der Waals surface area contributed by atoms with E-state index in [-0.39, 0.29) is 17.2 Å². The second-order valence-corrected chi connectivity index (χ2v) is 5.88. The first-order chi connectivity index (χ1) is 11.6. The van der Waals surface area contributed by atoms with E-state index in [9.17, 15) is 9.18 Å². The summed E-state index contributed by atoms with van der Waals surface area (Å²) in [5, 5.41) is 8.78. The van der Waals surface area contributed by atoms with Gasteiger partial charge < -0.3 is 4.90 Å². The van der Waals surface area contributed by atoms with Crippen LogP contribution in [-0.4, -0.2) is 31.7 Å². The molecule has 4 nitrogen and oxygen atoms in total. The topological polar surface area (TPSA) is 57.0 Å². The molecular weight excluding hydrogens is 304 g/mol. The van der Waals surface area contributed by atoms with E-state index in [1.807, 2.05) is 12.1 Å². The third kappa shape index (κ3) is 3.30. The van der Waals surface area contributed by atoms with E-state index in [0.717, 1.165) is 18.8 Å². The lowest BCUT2D eigenvalue weighted by atomic mass is 9.87. The number of halogens is 1. The number of hydrogen-bond donors (Lipinski definition) is 0. The minimum atomic E-state index is -0.554. The van der Waals surface area contributed by atoms with Crippen LogP contribution in [0.4, 0.5) is 10.1 Å². The normalized spacial score (nSPS) is 15.1. The van der Waals surface area contributed by atoms with Crippen LogP contribution in [0.3, 0.4) is 0 Å². The zero-order valence-corrected chi connectivity index (χ0v) is 13.1. The van der Waals surface area contributed by atoms with Crippen molar-refractivity contribution in [2.45, 2.75) is 12.8 Å². The molecule has 2 radical (unpaired) electrons. The Morgan fingerprint density at radius 3 is 2.62 bits per heavy atom. The van der Waals surface area contributed by atoms with Gasteiger partial charge in [0.2, 0.25) is 0 Å². The van der Waals surface area contributed by atoms with Crippen molar-refractivity contribution < 1.29 is 9.18 Å². The van der Waals surface area contributed by atoms with Crippen molar-refractivity contribution in [1.29, 1.82) is 5.26 Å². The standard InChI is InChI=1S/C18H15BFN3O/c19-16-4-1-13(9-17(16)20)18(24)12-5-7-23(8-6-12)15-3-2-14(10-21)22-11-15/h1-4,9,11-12H,5-8H2. The number of nitrogens with zero attached hydrogens (tertiary/aromatic N) is 3. The average Bonchev–Trinajstić information content (AvgIpc) is 2.63. The number of aromatic nitrogens is 1. The van der Waals surface area contributed by atoms with Gasteiger partial charge in [0.1, 0.15) is 25.4 Å². The van der Waals surface area contributed by atoms with Gasteiger partial charge in [-0.1, -0.05) is 17.6 Å². The van der Waals surface area contributed by atoms with Crippen molar-refractivity contribution in [3.8, 4) is 6.07 Å². The zero-order valence-electron chi connectivity index (χ0n) is 13.1. The Hall–Kier alpha value is -2.68. The molecule has 1 saturated heterocycles. The summed E-state index contributed by atoms with van der Waals surface area (Å²) < 4.78 is 13.5. The molecule has 2 aromatic rings. The van der Waals surface area contributed by atoms with E-state index in [1.165, 1.54) is 12.1 Å². The molecule has 0 atom stereocenters. The van der Waals surface area contributed by atoms with Crippen LogP contribution < -0.4 is 10.4 Å². The Kier molecular flexibility index (Phi) is 4.61. The van der Waals surface area contributed by atoms with Crippen molar-refractivity contribution in [3.05, 3.63) is 53.6 Å². The fraction of sp³-hybridized carbons (Fsp3) is 0.278. The number of anilines is 1. The highest BCUT2D eigenvalue weighted by Gasteiger charge is 2.26. The summed E-state index contributed by atoms with van der Waals surface area (Å²) in [6.45, 7) is 1.45. The molecular formula is C18H15BFN3O. The fourth-order valence-electron chi connectivity index (χ4n) is 2.96. The molecule has 0 aliphatic carbocycles. The van der Waals surface area contributed by atoms with Crippen LogP contribution in [0, 0.1) is 23.1 Å². The first-order valence-electron chi connectivity index (χ1n) is 7.79. The van der Waals surface area contributed by atoms with Gasteiger partial charge in [-0.2, -0.15) is 5.26 Å². The third-order valence-corrected chi connectivity index (χ3v) is 4.38. The molecule has 3 rings (SSSR count). The van der Waals surface area contributed by atoms with E-state index < -0.39 is 5.82 Å². The van der Waals surface area contributed by atoms with Crippen LogP contribution in [0.25, 0.3) is 0 Å². The lowest BCUT2D eigenvalue weighted by Crippen LogP contribution is -2.36. The van der Waals surface area contributed by atoms with Crippen LogP contribution in [0.15, 0.2) is 36.5 Å². The lowest BCUT2D eigenvalue weighted by Gasteiger charge is -2.32. The van der Waals surface area contributed by atoms with Crippen LogP contribution in [0.5, 0.6) is 0 Å². The van der Waals surface area contributed by atoms with Crippen molar-refractivity contribution >= 4 is 24.8 Å². The summed E-state index contributed by atoms with van der Waals surface area (Å²) in [5.74, 6) is -0.705. The van der Waals surface area contributed by atoms with Crippen LogP contribution in [0.2, 0.25) is 0 Å². The summed E-state index contributed by atoms with van der Waals surface area (Å²) >= 11 is 0. The highest BCUT2D eigenvalue weighted by Crippen LogP contribution is 2.25. The molecule has 1 aliphatic heterocycles. The van der Waals surface area contributed by atoms with Gasteiger partial charge in [-0.05, 0) is 31.0 Å². The molecule has 6 heteroatoms. The van der Waals surface area contributed by atoms with Gasteiger partial charge in [0.25, 0.3) is 0 Å². The molecule has 1 aliphatic rings. The highest BCUT2D eigenvalue weighted by atomic mass is 19.1. The van der Waals surface area contributed by atoms with Gasteiger partial charge in [-0.25, -0.2) is 9.37 Å². The number of pyridine rings is 1. The average molecular weight is 319 g/mol. The highest BCUT2D eigenvalue weighted by molar-refractivity contribution is 6.32. The van der Waals surface area contributed by atoms with E-state index in [4.69, 9.17) is 13.1 Å². The molecule has 24 heavy (non-hydrogen) atoms. The Balaban J connectivity index is 1.64. The predicted molar refractivity (Wildman–Crippen MR) is 90.0 cm³/mol. The van der Waals surface area contributed by atoms with Crippen LogP contribution in [0.1, 0.15) is 28.9 Å². The first kappa shape index (κ1) is 16.2. The van der Waals surface area contributed by atoms with Gasteiger partial charge in [0.15, 0.2) is 5.78 Å². The van der Waals surface area contributed by atoms with Gasteiger partial charge >= 0.3 is 0 Å². The maximum Gasteiger partial charge on any atom is 0.166 e. The molecule has 0 N–H and O–H groups in total. The largest absolute Gasteiger partial charge is 0.370 e. The summed E-state index contributed by atoms with van der Waals surface area (Å²) in [6, 6.07) is 9.77. The molecule has 118 valence electrons. The lowest BCUT2D eigenvalue weighted by molar-refractivity contribution is 0.0900. The second-order valence-electron chi connectivity index (χ2n) is 5.88. The fourth-order valence-corrected chi connectivity index (χ4v) is 2.96. The molecule has 0 saturated carbocycles. The quantitative estimate of drug-likeness (QED) is 0.641. The van der Waals surface area contributed by atoms with Crippen molar-refractivity contribution in [3.63, 3.8) is 0 Å². The number of ketones is 1. The number of piperidine rings is 1. The zero-order chi connectivity index (χ0) is 17.1. The van der Waals surface area contributed by atoms with E-state index in [2.05, 4.69) is 9.88 Å². The minimum absolute atomic E-state index is 0.0356. The smallest absolute Gasteiger partial charge is 0.166 e. The molecule has 1 fully saturated rings. The monoisotopic (exact) mass is 319 g/mol. The Bertz CT molecular complexity index is 793. The number of benzene rings is 1. The van der Waals surface area contributed by atoms with Crippen LogP contribution in [-0.2, 0) is 0 Å². The molecule has 1 aromatic heterocycles. The maximum absolute atomic E-state index is 13.5. The number of carbonyl (C=O) groups is 1. The van der Waals surface area contributed by atoms with Gasteiger partial charge in [-0.3, -0.25) is 4.79 Å². The molecule has 0 unspecified atom stereocenters. The summed E-state index contributed by atoms with van der Waals surface area (Å²) in [4.78, 5) is 18.7.